The standard InChI is InChI=1S/C9H9NOS/c1-11-8-2-3-9-7(6-8)4-5-10(9)12/h2-6,12H,1H3. The van der Waals surface area contributed by atoms with Crippen LogP contribution in [0, 0.1) is 0 Å². The fourth-order valence-corrected chi connectivity index (χ4v) is 1.48. The van der Waals surface area contributed by atoms with Crippen LogP contribution >= 0.6 is 12.8 Å². The van der Waals surface area contributed by atoms with Gasteiger partial charge in [-0.2, -0.15) is 0 Å². The monoisotopic (exact) mass is 179 g/mol. The van der Waals surface area contributed by atoms with Crippen molar-refractivity contribution in [2.45, 2.75) is 0 Å². The Kier molecular flexibility index (Phi) is 1.73. The molecule has 0 aliphatic carbocycles. The van der Waals surface area contributed by atoms with E-state index in [2.05, 4.69) is 12.8 Å². The first-order chi connectivity index (χ1) is 5.81. The van der Waals surface area contributed by atoms with Gasteiger partial charge in [0, 0.05) is 11.6 Å². The van der Waals surface area contributed by atoms with Gasteiger partial charge in [-0.3, -0.25) is 3.97 Å². The Morgan fingerprint density at radius 3 is 2.92 bits per heavy atom. The van der Waals surface area contributed by atoms with Crippen molar-refractivity contribution in [3.05, 3.63) is 30.5 Å². The fraction of sp³-hybridized carbons (Fsp3) is 0.111. The van der Waals surface area contributed by atoms with Crippen LogP contribution in [0.15, 0.2) is 30.5 Å². The van der Waals surface area contributed by atoms with Crippen LogP contribution in [0.2, 0.25) is 0 Å². The Hall–Kier alpha value is -1.09. The number of nitrogens with zero attached hydrogens (tertiary/aromatic N) is 1. The Labute approximate surface area is 76.3 Å². The van der Waals surface area contributed by atoms with E-state index in [0.29, 0.717) is 0 Å². The Morgan fingerprint density at radius 2 is 2.17 bits per heavy atom. The van der Waals surface area contributed by atoms with Crippen LogP contribution in [0.3, 0.4) is 0 Å². The first-order valence-corrected chi connectivity index (χ1v) is 4.05. The normalized spacial score (nSPS) is 10.5. The number of ether oxygens (including phenoxy) is 1. The predicted octanol–water partition coefficient (Wildman–Crippen LogP) is 2.34. The maximum Gasteiger partial charge on any atom is 0.119 e. The molecule has 2 nitrogen and oxygen atoms in total. The number of hydrogen-bond donors (Lipinski definition) is 1. The third kappa shape index (κ3) is 1.06. The highest BCUT2D eigenvalue weighted by atomic mass is 32.1. The topological polar surface area (TPSA) is 14.2 Å². The molecule has 1 heterocycles. The van der Waals surface area contributed by atoms with Gasteiger partial charge >= 0.3 is 0 Å². The summed E-state index contributed by atoms with van der Waals surface area (Å²) < 4.78 is 6.88. The van der Waals surface area contributed by atoms with E-state index in [4.69, 9.17) is 4.74 Å². The van der Waals surface area contributed by atoms with Gasteiger partial charge in [-0.05, 0) is 24.3 Å². The molecule has 0 fully saturated rings. The minimum atomic E-state index is 0.877. The molecule has 62 valence electrons. The number of aromatic nitrogens is 1. The molecular weight excluding hydrogens is 170 g/mol. The lowest BCUT2D eigenvalue weighted by atomic mass is 10.2. The van der Waals surface area contributed by atoms with Crippen LogP contribution in [0.1, 0.15) is 0 Å². The highest BCUT2D eigenvalue weighted by molar-refractivity contribution is 7.78. The van der Waals surface area contributed by atoms with E-state index in [1.807, 2.05) is 30.5 Å². The van der Waals surface area contributed by atoms with Gasteiger partial charge in [-0.1, -0.05) is 12.8 Å². The first-order valence-electron chi connectivity index (χ1n) is 3.65. The molecule has 12 heavy (non-hydrogen) atoms. The summed E-state index contributed by atoms with van der Waals surface area (Å²) in [6, 6.07) is 7.91. The van der Waals surface area contributed by atoms with Crippen LogP contribution in [0.25, 0.3) is 10.9 Å². The lowest BCUT2D eigenvalue weighted by Gasteiger charge is -1.99. The highest BCUT2D eigenvalue weighted by Crippen LogP contribution is 2.21. The number of thiol groups is 1. The third-order valence-electron chi connectivity index (χ3n) is 1.88. The lowest BCUT2D eigenvalue weighted by molar-refractivity contribution is 0.415. The SMILES string of the molecule is COc1ccc2c(ccn2S)c1. The number of hydrogen-bond acceptors (Lipinski definition) is 2. The van der Waals surface area contributed by atoms with Crippen molar-refractivity contribution in [2.75, 3.05) is 7.11 Å². The Balaban J connectivity index is 2.69. The van der Waals surface area contributed by atoms with E-state index in [-0.39, 0.29) is 0 Å². The summed E-state index contributed by atoms with van der Waals surface area (Å²) in [7, 11) is 1.67. The van der Waals surface area contributed by atoms with Crippen LogP contribution in [0.4, 0.5) is 0 Å². The Bertz CT molecular complexity index is 408. The molecule has 1 aromatic heterocycles. The van der Waals surface area contributed by atoms with Gasteiger partial charge in [-0.25, -0.2) is 0 Å². The quantitative estimate of drug-likeness (QED) is 0.664. The second-order valence-corrected chi connectivity index (χ2v) is 3.02. The van der Waals surface area contributed by atoms with Gasteiger partial charge in [0.15, 0.2) is 0 Å². The predicted molar refractivity (Wildman–Crippen MR) is 52.9 cm³/mol. The summed E-state index contributed by atoms with van der Waals surface area (Å²) in [5.41, 5.74) is 1.10. The number of methoxy groups -OCH3 is 1. The molecule has 2 aromatic rings. The van der Waals surface area contributed by atoms with Crippen molar-refractivity contribution < 1.29 is 4.74 Å². The fourth-order valence-electron chi connectivity index (χ4n) is 1.23. The van der Waals surface area contributed by atoms with E-state index in [1.165, 1.54) is 0 Å². The number of benzene rings is 1. The van der Waals surface area contributed by atoms with E-state index in [9.17, 15) is 0 Å². The maximum atomic E-state index is 5.10. The lowest BCUT2D eigenvalue weighted by Crippen LogP contribution is -1.82. The molecule has 0 unspecified atom stereocenters. The molecule has 1 aromatic carbocycles. The molecule has 0 amide bonds. The molecule has 0 radical (unpaired) electrons. The summed E-state index contributed by atoms with van der Waals surface area (Å²) in [4.78, 5) is 0. The van der Waals surface area contributed by atoms with Gasteiger partial charge < -0.3 is 4.74 Å². The van der Waals surface area contributed by atoms with Crippen LogP contribution < -0.4 is 4.74 Å². The minimum absolute atomic E-state index is 0.877. The summed E-state index contributed by atoms with van der Waals surface area (Å²) >= 11 is 4.24. The van der Waals surface area contributed by atoms with Crippen LogP contribution in [-0.4, -0.2) is 11.1 Å². The van der Waals surface area contributed by atoms with Gasteiger partial charge in [-0.15, -0.1) is 0 Å². The molecule has 2 rings (SSSR count). The zero-order chi connectivity index (χ0) is 8.55. The van der Waals surface area contributed by atoms with Crippen molar-refractivity contribution in [2.24, 2.45) is 0 Å². The zero-order valence-electron chi connectivity index (χ0n) is 6.69. The van der Waals surface area contributed by atoms with Crippen molar-refractivity contribution in [3.63, 3.8) is 0 Å². The average molecular weight is 179 g/mol. The van der Waals surface area contributed by atoms with E-state index < -0.39 is 0 Å². The molecule has 3 heteroatoms. The number of fused-ring (bicyclic) bond motifs is 1. The molecule has 0 saturated carbocycles. The second kappa shape index (κ2) is 2.75. The van der Waals surface area contributed by atoms with Crippen molar-refractivity contribution >= 4 is 23.7 Å². The van der Waals surface area contributed by atoms with E-state index in [1.54, 1.807) is 11.1 Å². The van der Waals surface area contributed by atoms with Crippen molar-refractivity contribution in [3.8, 4) is 5.75 Å². The van der Waals surface area contributed by atoms with Gasteiger partial charge in [0.05, 0.1) is 12.6 Å². The molecule has 0 N–H and O–H groups in total. The molecule has 0 spiro atoms. The smallest absolute Gasteiger partial charge is 0.119 e. The summed E-state index contributed by atoms with van der Waals surface area (Å²) in [5, 5.41) is 1.14. The van der Waals surface area contributed by atoms with Gasteiger partial charge in [0.25, 0.3) is 0 Å². The highest BCUT2D eigenvalue weighted by Gasteiger charge is 1.98. The molecule has 0 aliphatic heterocycles. The molecule has 0 saturated heterocycles. The molecule has 0 atom stereocenters. The molecule has 0 bridgehead atoms. The van der Waals surface area contributed by atoms with Crippen molar-refractivity contribution in [1.29, 1.82) is 0 Å². The van der Waals surface area contributed by atoms with E-state index >= 15 is 0 Å². The first kappa shape index (κ1) is 7.55. The third-order valence-corrected chi connectivity index (χ3v) is 2.23. The van der Waals surface area contributed by atoms with E-state index in [0.717, 1.165) is 16.7 Å². The van der Waals surface area contributed by atoms with Gasteiger partial charge in [0.1, 0.15) is 5.75 Å². The molecular formula is C9H9NOS. The van der Waals surface area contributed by atoms with Gasteiger partial charge in [0.2, 0.25) is 0 Å². The summed E-state index contributed by atoms with van der Waals surface area (Å²) in [5.74, 6) is 0.877. The minimum Gasteiger partial charge on any atom is -0.497 e. The largest absolute Gasteiger partial charge is 0.497 e. The van der Waals surface area contributed by atoms with Crippen LogP contribution in [-0.2, 0) is 0 Å². The molecule has 0 aliphatic rings. The van der Waals surface area contributed by atoms with Crippen LogP contribution in [0.5, 0.6) is 5.75 Å². The second-order valence-electron chi connectivity index (χ2n) is 2.59. The zero-order valence-corrected chi connectivity index (χ0v) is 7.58. The van der Waals surface area contributed by atoms with Crippen molar-refractivity contribution in [1.82, 2.24) is 3.97 Å². The number of rotatable bonds is 1. The Morgan fingerprint density at radius 1 is 1.33 bits per heavy atom. The average Bonchev–Trinajstić information content (AvgIpc) is 2.47. The summed E-state index contributed by atoms with van der Waals surface area (Å²) in [6.07, 6.45) is 1.91. The summed E-state index contributed by atoms with van der Waals surface area (Å²) in [6.45, 7) is 0. The maximum absolute atomic E-state index is 5.10.